The highest BCUT2D eigenvalue weighted by Crippen LogP contribution is 2.28. The third kappa shape index (κ3) is 4.22. The Balaban J connectivity index is 1.62. The quantitative estimate of drug-likeness (QED) is 0.769. The van der Waals surface area contributed by atoms with E-state index < -0.39 is 0 Å². The van der Waals surface area contributed by atoms with Crippen molar-refractivity contribution in [2.45, 2.75) is 18.8 Å². The largest absolute Gasteiger partial charge is 0.354 e. The van der Waals surface area contributed by atoms with Crippen LogP contribution in [0.2, 0.25) is 0 Å². The smallest absolute Gasteiger partial charge is 0.232 e. The maximum absolute atomic E-state index is 12.7. The van der Waals surface area contributed by atoms with E-state index in [9.17, 15) is 9.59 Å². The Morgan fingerprint density at radius 2 is 1.33 bits per heavy atom. The fourth-order valence-corrected chi connectivity index (χ4v) is 2.75. The molecule has 1 saturated carbocycles. The van der Waals surface area contributed by atoms with Gasteiger partial charge in [-0.25, -0.2) is 0 Å². The summed E-state index contributed by atoms with van der Waals surface area (Å²) in [6.45, 7) is 0.908. The van der Waals surface area contributed by atoms with Gasteiger partial charge in [-0.3, -0.25) is 9.59 Å². The third-order valence-corrected chi connectivity index (χ3v) is 4.20. The van der Waals surface area contributed by atoms with Crippen LogP contribution in [0.15, 0.2) is 60.7 Å². The van der Waals surface area contributed by atoms with Crippen LogP contribution in [-0.2, 0) is 9.59 Å². The molecule has 4 heteroatoms. The van der Waals surface area contributed by atoms with Gasteiger partial charge in [0.1, 0.15) is 0 Å². The minimum absolute atomic E-state index is 0.0481. The van der Waals surface area contributed by atoms with Gasteiger partial charge in [0.05, 0.1) is 5.92 Å². The molecule has 24 heavy (non-hydrogen) atoms. The Hall–Kier alpha value is -2.62. The van der Waals surface area contributed by atoms with E-state index >= 15 is 0 Å². The van der Waals surface area contributed by atoms with Gasteiger partial charge in [-0.2, -0.15) is 0 Å². The molecule has 0 heterocycles. The summed E-state index contributed by atoms with van der Waals surface area (Å²) in [4.78, 5) is 24.3. The van der Waals surface area contributed by atoms with E-state index in [0.29, 0.717) is 13.1 Å². The van der Waals surface area contributed by atoms with Gasteiger partial charge in [0.25, 0.3) is 0 Å². The molecular formula is C20H22N2O2. The highest BCUT2D eigenvalue weighted by atomic mass is 16.2. The van der Waals surface area contributed by atoms with E-state index in [-0.39, 0.29) is 23.7 Å². The summed E-state index contributed by atoms with van der Waals surface area (Å²) >= 11 is 0. The summed E-state index contributed by atoms with van der Waals surface area (Å²) in [6, 6.07) is 19.5. The minimum Gasteiger partial charge on any atom is -0.354 e. The van der Waals surface area contributed by atoms with Crippen LogP contribution in [0.5, 0.6) is 0 Å². The number of hydrogen-bond donors (Lipinski definition) is 2. The van der Waals surface area contributed by atoms with Crippen LogP contribution in [0.3, 0.4) is 0 Å². The first-order valence-corrected chi connectivity index (χ1v) is 8.41. The van der Waals surface area contributed by atoms with Gasteiger partial charge < -0.3 is 10.6 Å². The topological polar surface area (TPSA) is 58.2 Å². The van der Waals surface area contributed by atoms with E-state index in [2.05, 4.69) is 10.6 Å². The molecule has 2 aromatic carbocycles. The molecule has 0 aromatic heterocycles. The van der Waals surface area contributed by atoms with Gasteiger partial charge >= 0.3 is 0 Å². The molecule has 2 amide bonds. The summed E-state index contributed by atoms with van der Waals surface area (Å²) < 4.78 is 0. The highest BCUT2D eigenvalue weighted by Gasteiger charge is 2.29. The molecule has 2 aromatic rings. The SMILES string of the molecule is O=C(NCCNC(=O)C(c1ccccc1)c1ccccc1)C1CC1. The lowest BCUT2D eigenvalue weighted by Gasteiger charge is -2.18. The average molecular weight is 322 g/mol. The first-order valence-electron chi connectivity index (χ1n) is 8.41. The van der Waals surface area contributed by atoms with Crippen LogP contribution in [0.1, 0.15) is 29.9 Å². The Morgan fingerprint density at radius 1 is 0.833 bits per heavy atom. The predicted molar refractivity (Wildman–Crippen MR) is 93.5 cm³/mol. The third-order valence-electron chi connectivity index (χ3n) is 4.20. The zero-order chi connectivity index (χ0) is 16.8. The zero-order valence-corrected chi connectivity index (χ0v) is 13.6. The molecule has 0 atom stereocenters. The standard InChI is InChI=1S/C20H22N2O2/c23-19(17-11-12-17)21-13-14-22-20(24)18(15-7-3-1-4-8-15)16-9-5-2-6-10-16/h1-10,17-18H,11-14H2,(H,21,23)(H,22,24). The van der Waals surface area contributed by atoms with Crippen molar-refractivity contribution >= 4 is 11.8 Å². The molecule has 0 bridgehead atoms. The molecule has 0 radical (unpaired) electrons. The number of benzene rings is 2. The lowest BCUT2D eigenvalue weighted by molar-refractivity contribution is -0.123. The van der Waals surface area contributed by atoms with Crippen LogP contribution in [0.25, 0.3) is 0 Å². The maximum atomic E-state index is 12.7. The van der Waals surface area contributed by atoms with Gasteiger partial charge in [-0.05, 0) is 24.0 Å². The second-order valence-corrected chi connectivity index (χ2v) is 6.11. The molecule has 2 N–H and O–H groups in total. The van der Waals surface area contributed by atoms with E-state index in [1.807, 2.05) is 60.7 Å². The van der Waals surface area contributed by atoms with Gasteiger partial charge in [0.2, 0.25) is 11.8 Å². The van der Waals surface area contributed by atoms with Crippen LogP contribution in [0.4, 0.5) is 0 Å². The summed E-state index contributed by atoms with van der Waals surface area (Å²) in [5.41, 5.74) is 1.92. The Kier molecular flexibility index (Phi) is 5.26. The number of nitrogens with one attached hydrogen (secondary N) is 2. The predicted octanol–water partition coefficient (Wildman–Crippen LogP) is 2.46. The first-order chi connectivity index (χ1) is 11.8. The molecule has 0 saturated heterocycles. The van der Waals surface area contributed by atoms with Crippen molar-refractivity contribution in [1.29, 1.82) is 0 Å². The normalized spacial score (nSPS) is 13.5. The number of hydrogen-bond acceptors (Lipinski definition) is 2. The lowest BCUT2D eigenvalue weighted by atomic mass is 9.90. The van der Waals surface area contributed by atoms with Crippen LogP contribution < -0.4 is 10.6 Å². The number of carbonyl (C=O) groups is 2. The summed E-state index contributed by atoms with van der Waals surface area (Å²) in [5.74, 6) is -0.0893. The Labute approximate surface area is 142 Å². The summed E-state index contributed by atoms with van der Waals surface area (Å²) in [7, 11) is 0. The molecule has 124 valence electrons. The fourth-order valence-electron chi connectivity index (χ4n) is 2.75. The molecule has 0 spiro atoms. The molecule has 3 rings (SSSR count). The number of amides is 2. The zero-order valence-electron chi connectivity index (χ0n) is 13.6. The molecule has 0 unspecified atom stereocenters. The second kappa shape index (κ2) is 7.77. The van der Waals surface area contributed by atoms with Crippen LogP contribution in [0, 0.1) is 5.92 Å². The molecule has 4 nitrogen and oxygen atoms in total. The van der Waals surface area contributed by atoms with Gasteiger partial charge in [0.15, 0.2) is 0 Å². The Bertz CT molecular complexity index is 642. The molecule has 1 aliphatic carbocycles. The molecule has 0 aliphatic heterocycles. The number of rotatable bonds is 7. The number of carbonyl (C=O) groups excluding carboxylic acids is 2. The van der Waals surface area contributed by atoms with E-state index in [4.69, 9.17) is 0 Å². The monoisotopic (exact) mass is 322 g/mol. The molecule has 1 aliphatic rings. The van der Waals surface area contributed by atoms with Crippen LogP contribution >= 0.6 is 0 Å². The lowest BCUT2D eigenvalue weighted by Crippen LogP contribution is -2.37. The van der Waals surface area contributed by atoms with Crippen molar-refractivity contribution in [3.8, 4) is 0 Å². The summed E-state index contributed by atoms with van der Waals surface area (Å²) in [5, 5.41) is 5.81. The van der Waals surface area contributed by atoms with Crippen molar-refractivity contribution in [3.63, 3.8) is 0 Å². The van der Waals surface area contributed by atoms with Crippen LogP contribution in [-0.4, -0.2) is 24.9 Å². The maximum Gasteiger partial charge on any atom is 0.232 e. The van der Waals surface area contributed by atoms with Gasteiger partial charge in [-0.15, -0.1) is 0 Å². The molecular weight excluding hydrogens is 300 g/mol. The van der Waals surface area contributed by atoms with Gasteiger partial charge in [-0.1, -0.05) is 60.7 Å². The second-order valence-electron chi connectivity index (χ2n) is 6.11. The summed E-state index contributed by atoms with van der Waals surface area (Å²) in [6.07, 6.45) is 1.98. The Morgan fingerprint density at radius 3 is 1.83 bits per heavy atom. The van der Waals surface area contributed by atoms with Gasteiger partial charge in [0, 0.05) is 19.0 Å². The van der Waals surface area contributed by atoms with E-state index in [1.165, 1.54) is 0 Å². The van der Waals surface area contributed by atoms with E-state index in [0.717, 1.165) is 24.0 Å². The minimum atomic E-state index is -0.341. The van der Waals surface area contributed by atoms with Crippen molar-refractivity contribution < 1.29 is 9.59 Å². The van der Waals surface area contributed by atoms with Crippen molar-refractivity contribution in [1.82, 2.24) is 10.6 Å². The molecule has 1 fully saturated rings. The first kappa shape index (κ1) is 16.2. The average Bonchev–Trinajstić information content (AvgIpc) is 3.46. The van der Waals surface area contributed by atoms with Crippen molar-refractivity contribution in [2.24, 2.45) is 5.92 Å². The highest BCUT2D eigenvalue weighted by molar-refractivity contribution is 5.87. The van der Waals surface area contributed by atoms with Crippen molar-refractivity contribution in [2.75, 3.05) is 13.1 Å². The van der Waals surface area contributed by atoms with Crippen molar-refractivity contribution in [3.05, 3.63) is 71.8 Å². The van der Waals surface area contributed by atoms with E-state index in [1.54, 1.807) is 0 Å². The fraction of sp³-hybridized carbons (Fsp3) is 0.300.